The van der Waals surface area contributed by atoms with Crippen LogP contribution in [0.5, 0.6) is 23.0 Å². The molecule has 32 heavy (non-hydrogen) atoms. The van der Waals surface area contributed by atoms with Crippen molar-refractivity contribution >= 4 is 5.91 Å². The van der Waals surface area contributed by atoms with Crippen molar-refractivity contribution in [3.8, 4) is 23.0 Å². The Balaban J connectivity index is 2.12. The number of ether oxygens (including phenoxy) is 5. The first-order valence-corrected chi connectivity index (χ1v) is 11.0. The topological polar surface area (TPSA) is 75.3 Å². The lowest BCUT2D eigenvalue weighted by Crippen LogP contribution is -2.26. The van der Waals surface area contributed by atoms with Gasteiger partial charge in [0, 0.05) is 12.7 Å². The molecule has 0 bridgehead atoms. The summed E-state index contributed by atoms with van der Waals surface area (Å²) in [5.74, 6) is 2.28. The SMILES string of the molecule is CCCOc1ccc(C(=O)NC(C)c2ccc(OCCOC)c(OC)c2)cc1OCCC. The monoisotopic (exact) mass is 445 g/mol. The molecule has 2 aromatic rings. The molecular formula is C25H35NO6. The minimum atomic E-state index is -0.236. The van der Waals surface area contributed by atoms with Crippen molar-refractivity contribution in [3.63, 3.8) is 0 Å². The predicted octanol–water partition coefficient (Wildman–Crippen LogP) is 4.79. The van der Waals surface area contributed by atoms with Gasteiger partial charge in [0.25, 0.3) is 5.91 Å². The first-order valence-electron chi connectivity index (χ1n) is 11.0. The summed E-state index contributed by atoms with van der Waals surface area (Å²) in [6, 6.07) is 10.6. The molecule has 0 saturated heterocycles. The summed E-state index contributed by atoms with van der Waals surface area (Å²) in [7, 11) is 3.21. The molecular weight excluding hydrogens is 410 g/mol. The van der Waals surface area contributed by atoms with Crippen LogP contribution < -0.4 is 24.3 Å². The van der Waals surface area contributed by atoms with E-state index >= 15 is 0 Å². The normalized spacial score (nSPS) is 11.5. The van der Waals surface area contributed by atoms with Crippen LogP contribution in [0.1, 0.15) is 55.6 Å². The molecule has 0 aliphatic heterocycles. The van der Waals surface area contributed by atoms with Gasteiger partial charge in [-0.2, -0.15) is 0 Å². The first kappa shape index (κ1) is 25.3. The Morgan fingerprint density at radius 1 is 0.812 bits per heavy atom. The lowest BCUT2D eigenvalue weighted by Gasteiger charge is -2.18. The Morgan fingerprint density at radius 3 is 2.09 bits per heavy atom. The fourth-order valence-corrected chi connectivity index (χ4v) is 2.98. The van der Waals surface area contributed by atoms with Gasteiger partial charge in [-0.25, -0.2) is 0 Å². The van der Waals surface area contributed by atoms with Gasteiger partial charge in [0.15, 0.2) is 23.0 Å². The Morgan fingerprint density at radius 2 is 1.44 bits per heavy atom. The molecule has 0 aliphatic rings. The molecule has 0 aliphatic carbocycles. The fourth-order valence-electron chi connectivity index (χ4n) is 2.98. The zero-order chi connectivity index (χ0) is 23.3. The summed E-state index contributed by atoms with van der Waals surface area (Å²) >= 11 is 0. The van der Waals surface area contributed by atoms with Gasteiger partial charge in [-0.3, -0.25) is 4.79 Å². The number of methoxy groups -OCH3 is 2. The fraction of sp³-hybridized carbons (Fsp3) is 0.480. The number of benzene rings is 2. The van der Waals surface area contributed by atoms with Crippen molar-refractivity contribution in [3.05, 3.63) is 47.5 Å². The standard InChI is InChI=1S/C25H35NO6/c1-6-12-30-22-11-9-20(17-24(22)31-13-7-2)25(27)26-18(3)19-8-10-21(23(16-19)29-5)32-15-14-28-4/h8-11,16-18H,6-7,12-15H2,1-5H3,(H,26,27). The largest absolute Gasteiger partial charge is 0.493 e. The van der Waals surface area contributed by atoms with Crippen LogP contribution in [0.2, 0.25) is 0 Å². The minimum absolute atomic E-state index is 0.194. The molecule has 2 rings (SSSR count). The van der Waals surface area contributed by atoms with Gasteiger partial charge in [-0.05, 0) is 55.7 Å². The van der Waals surface area contributed by atoms with Gasteiger partial charge in [-0.15, -0.1) is 0 Å². The quantitative estimate of drug-likeness (QED) is 0.422. The van der Waals surface area contributed by atoms with Crippen LogP contribution in [0.3, 0.4) is 0 Å². The second-order valence-corrected chi connectivity index (χ2v) is 7.31. The lowest BCUT2D eigenvalue weighted by atomic mass is 10.1. The summed E-state index contributed by atoms with van der Waals surface area (Å²) in [5, 5.41) is 3.03. The third-order valence-corrected chi connectivity index (χ3v) is 4.71. The Labute approximate surface area is 191 Å². The molecule has 0 spiro atoms. The van der Waals surface area contributed by atoms with E-state index in [0.717, 1.165) is 18.4 Å². The summed E-state index contributed by atoms with van der Waals surface area (Å²) in [6.07, 6.45) is 1.76. The zero-order valence-electron chi connectivity index (χ0n) is 19.7. The molecule has 0 radical (unpaired) electrons. The highest BCUT2D eigenvalue weighted by Crippen LogP contribution is 2.31. The van der Waals surface area contributed by atoms with Crippen molar-refractivity contribution < 1.29 is 28.5 Å². The highest BCUT2D eigenvalue weighted by atomic mass is 16.5. The van der Waals surface area contributed by atoms with Crippen LogP contribution in [0.15, 0.2) is 36.4 Å². The van der Waals surface area contributed by atoms with Gasteiger partial charge in [0.2, 0.25) is 0 Å². The van der Waals surface area contributed by atoms with Crippen molar-refractivity contribution in [1.82, 2.24) is 5.32 Å². The van der Waals surface area contributed by atoms with E-state index in [1.165, 1.54) is 0 Å². The van der Waals surface area contributed by atoms with E-state index in [1.54, 1.807) is 32.4 Å². The second-order valence-electron chi connectivity index (χ2n) is 7.31. The second kappa shape index (κ2) is 13.5. The van der Waals surface area contributed by atoms with Gasteiger partial charge in [-0.1, -0.05) is 19.9 Å². The Hall–Kier alpha value is -2.93. The summed E-state index contributed by atoms with van der Waals surface area (Å²) < 4.78 is 27.7. The third-order valence-electron chi connectivity index (χ3n) is 4.71. The van der Waals surface area contributed by atoms with E-state index in [-0.39, 0.29) is 11.9 Å². The van der Waals surface area contributed by atoms with Crippen LogP contribution in [-0.2, 0) is 4.74 Å². The van der Waals surface area contributed by atoms with E-state index in [2.05, 4.69) is 5.32 Å². The molecule has 1 unspecified atom stereocenters. The highest BCUT2D eigenvalue weighted by molar-refractivity contribution is 5.95. The van der Waals surface area contributed by atoms with Crippen LogP contribution in [0, 0.1) is 0 Å². The molecule has 0 fully saturated rings. The number of carbonyl (C=O) groups excluding carboxylic acids is 1. The molecule has 7 heteroatoms. The van der Waals surface area contributed by atoms with Crippen molar-refractivity contribution in [2.75, 3.05) is 40.6 Å². The number of nitrogens with one attached hydrogen (secondary N) is 1. The molecule has 0 heterocycles. The van der Waals surface area contributed by atoms with Gasteiger partial charge in [0.1, 0.15) is 6.61 Å². The van der Waals surface area contributed by atoms with E-state index < -0.39 is 0 Å². The van der Waals surface area contributed by atoms with Gasteiger partial charge in [0.05, 0.1) is 33.0 Å². The van der Waals surface area contributed by atoms with Crippen molar-refractivity contribution in [1.29, 1.82) is 0 Å². The Bertz CT molecular complexity index is 854. The maximum absolute atomic E-state index is 12.9. The van der Waals surface area contributed by atoms with E-state index in [9.17, 15) is 4.79 Å². The molecule has 1 N–H and O–H groups in total. The summed E-state index contributed by atoms with van der Waals surface area (Å²) in [5.41, 5.74) is 1.41. The number of amides is 1. The van der Waals surface area contributed by atoms with E-state index in [1.807, 2.05) is 39.0 Å². The van der Waals surface area contributed by atoms with E-state index in [0.29, 0.717) is 55.0 Å². The highest BCUT2D eigenvalue weighted by Gasteiger charge is 2.16. The van der Waals surface area contributed by atoms with Crippen molar-refractivity contribution in [2.24, 2.45) is 0 Å². The van der Waals surface area contributed by atoms with Crippen LogP contribution in [0.25, 0.3) is 0 Å². The smallest absolute Gasteiger partial charge is 0.251 e. The molecule has 176 valence electrons. The summed E-state index contributed by atoms with van der Waals surface area (Å²) in [4.78, 5) is 12.9. The molecule has 2 aromatic carbocycles. The number of hydrogen-bond acceptors (Lipinski definition) is 6. The Kier molecular flexibility index (Phi) is 10.7. The number of rotatable bonds is 14. The molecule has 0 aromatic heterocycles. The van der Waals surface area contributed by atoms with Crippen LogP contribution in [0.4, 0.5) is 0 Å². The number of hydrogen-bond donors (Lipinski definition) is 1. The number of carbonyl (C=O) groups is 1. The maximum atomic E-state index is 12.9. The molecule has 1 amide bonds. The average molecular weight is 446 g/mol. The molecule has 0 saturated carbocycles. The van der Waals surface area contributed by atoms with E-state index in [4.69, 9.17) is 23.7 Å². The summed E-state index contributed by atoms with van der Waals surface area (Å²) in [6.45, 7) is 8.07. The van der Waals surface area contributed by atoms with Gasteiger partial charge >= 0.3 is 0 Å². The zero-order valence-corrected chi connectivity index (χ0v) is 19.7. The third kappa shape index (κ3) is 7.34. The minimum Gasteiger partial charge on any atom is -0.493 e. The first-order chi connectivity index (χ1) is 15.5. The average Bonchev–Trinajstić information content (AvgIpc) is 2.81. The maximum Gasteiger partial charge on any atom is 0.251 e. The molecule has 1 atom stereocenters. The van der Waals surface area contributed by atoms with Crippen molar-refractivity contribution in [2.45, 2.75) is 39.7 Å². The van der Waals surface area contributed by atoms with Gasteiger partial charge < -0.3 is 29.0 Å². The lowest BCUT2D eigenvalue weighted by molar-refractivity contribution is 0.0939. The van der Waals surface area contributed by atoms with Crippen LogP contribution in [-0.4, -0.2) is 46.6 Å². The molecule has 7 nitrogen and oxygen atoms in total. The predicted molar refractivity (Wildman–Crippen MR) is 124 cm³/mol. The van der Waals surface area contributed by atoms with Crippen LogP contribution >= 0.6 is 0 Å².